The third kappa shape index (κ3) is 4.06. The molecule has 0 amide bonds. The summed E-state index contributed by atoms with van der Waals surface area (Å²) in [5, 5.41) is 3.42. The van der Waals surface area contributed by atoms with Gasteiger partial charge in [-0.25, -0.2) is 0 Å². The summed E-state index contributed by atoms with van der Waals surface area (Å²) in [6.07, 6.45) is 1.12. The molecule has 1 aliphatic heterocycles. The zero-order chi connectivity index (χ0) is 10.7. The molecular formula is C13H22Cl2N2. The van der Waals surface area contributed by atoms with Gasteiger partial charge in [0.2, 0.25) is 0 Å². The molecule has 0 bridgehead atoms. The Hall–Kier alpha value is -0.440. The topological polar surface area (TPSA) is 15.3 Å². The number of halogens is 2. The number of nitrogens with zero attached hydrogens (tertiary/aromatic N) is 1. The highest BCUT2D eigenvalue weighted by atomic mass is 35.5. The van der Waals surface area contributed by atoms with E-state index in [1.165, 1.54) is 11.3 Å². The molecule has 1 atom stereocenters. The number of hydrogen-bond donors (Lipinski definition) is 1. The molecular weight excluding hydrogens is 255 g/mol. The largest absolute Gasteiger partial charge is 0.366 e. The van der Waals surface area contributed by atoms with Crippen LogP contribution in [0.3, 0.4) is 0 Å². The van der Waals surface area contributed by atoms with Crippen LogP contribution < -0.4 is 10.2 Å². The van der Waals surface area contributed by atoms with E-state index in [-0.39, 0.29) is 24.8 Å². The van der Waals surface area contributed by atoms with Crippen molar-refractivity contribution in [2.45, 2.75) is 26.3 Å². The first-order chi connectivity index (χ1) is 7.31. The Bertz CT molecular complexity index is 331. The zero-order valence-electron chi connectivity index (χ0n) is 10.5. The number of piperazine rings is 1. The number of hydrogen-bond acceptors (Lipinski definition) is 2. The highest BCUT2D eigenvalue weighted by Crippen LogP contribution is 2.19. The van der Waals surface area contributed by atoms with Gasteiger partial charge in [0.05, 0.1) is 0 Å². The van der Waals surface area contributed by atoms with Crippen molar-refractivity contribution in [1.82, 2.24) is 5.32 Å². The molecule has 0 aromatic heterocycles. The van der Waals surface area contributed by atoms with Gasteiger partial charge in [-0.05, 0) is 31.0 Å². The molecule has 0 saturated carbocycles. The molecule has 1 aromatic carbocycles. The molecule has 2 rings (SSSR count). The quantitative estimate of drug-likeness (QED) is 0.894. The Labute approximate surface area is 117 Å². The van der Waals surface area contributed by atoms with Crippen molar-refractivity contribution in [3.8, 4) is 0 Å². The minimum atomic E-state index is 0. The maximum absolute atomic E-state index is 3.42. The fraction of sp³-hybridized carbons (Fsp3) is 0.538. The third-order valence-electron chi connectivity index (χ3n) is 3.15. The first kappa shape index (κ1) is 16.6. The average Bonchev–Trinajstić information content (AvgIpc) is 2.30. The maximum atomic E-state index is 3.42. The van der Waals surface area contributed by atoms with Crippen molar-refractivity contribution >= 4 is 30.5 Å². The van der Waals surface area contributed by atoms with Gasteiger partial charge in [-0.2, -0.15) is 0 Å². The van der Waals surface area contributed by atoms with Crippen molar-refractivity contribution in [3.63, 3.8) is 0 Å². The summed E-state index contributed by atoms with van der Waals surface area (Å²) in [7, 11) is 0. The predicted molar refractivity (Wildman–Crippen MR) is 80.0 cm³/mol. The van der Waals surface area contributed by atoms with Crippen molar-refractivity contribution in [3.05, 3.63) is 29.8 Å². The van der Waals surface area contributed by atoms with Crippen LogP contribution in [0.1, 0.15) is 19.4 Å². The third-order valence-corrected chi connectivity index (χ3v) is 3.15. The predicted octanol–water partition coefficient (Wildman–Crippen LogP) is 2.89. The van der Waals surface area contributed by atoms with Crippen LogP contribution in [0.2, 0.25) is 0 Å². The van der Waals surface area contributed by atoms with E-state index in [4.69, 9.17) is 0 Å². The molecule has 0 aliphatic carbocycles. The van der Waals surface area contributed by atoms with E-state index in [1.807, 2.05) is 0 Å². The Balaban J connectivity index is 0.00000128. The standard InChI is InChI=1S/C13H20N2.2ClH/c1-3-12-5-4-6-13(9-12)15-8-7-14-10-11(15)2;;/h4-6,9,11,14H,3,7-8,10H2,1-2H3;2*1H. The number of anilines is 1. The lowest BCUT2D eigenvalue weighted by molar-refractivity contribution is 0.501. The smallest absolute Gasteiger partial charge is 0.0386 e. The molecule has 0 spiro atoms. The molecule has 1 saturated heterocycles. The number of aryl methyl sites for hydroxylation is 1. The van der Waals surface area contributed by atoms with Gasteiger partial charge in [0, 0.05) is 31.4 Å². The summed E-state index contributed by atoms with van der Waals surface area (Å²) < 4.78 is 0. The van der Waals surface area contributed by atoms with Crippen molar-refractivity contribution in [2.24, 2.45) is 0 Å². The molecule has 1 fully saturated rings. The van der Waals surface area contributed by atoms with E-state index in [1.54, 1.807) is 0 Å². The monoisotopic (exact) mass is 276 g/mol. The second-order valence-corrected chi connectivity index (χ2v) is 4.27. The van der Waals surface area contributed by atoms with Gasteiger partial charge in [0.1, 0.15) is 0 Å². The molecule has 2 nitrogen and oxygen atoms in total. The van der Waals surface area contributed by atoms with E-state index < -0.39 is 0 Å². The van der Waals surface area contributed by atoms with E-state index in [9.17, 15) is 0 Å². The molecule has 0 radical (unpaired) electrons. The van der Waals surface area contributed by atoms with Crippen LogP contribution in [0.25, 0.3) is 0 Å². The molecule has 1 aromatic rings. The molecule has 4 heteroatoms. The van der Waals surface area contributed by atoms with Crippen LogP contribution >= 0.6 is 24.8 Å². The molecule has 98 valence electrons. The SMILES string of the molecule is CCc1cccc(N2CCNCC2C)c1.Cl.Cl. The highest BCUT2D eigenvalue weighted by molar-refractivity contribution is 5.85. The van der Waals surface area contributed by atoms with Gasteiger partial charge in [-0.1, -0.05) is 19.1 Å². The second-order valence-electron chi connectivity index (χ2n) is 4.27. The molecule has 1 heterocycles. The van der Waals surface area contributed by atoms with E-state index in [0.717, 1.165) is 26.1 Å². The summed E-state index contributed by atoms with van der Waals surface area (Å²) >= 11 is 0. The van der Waals surface area contributed by atoms with Gasteiger partial charge in [-0.15, -0.1) is 24.8 Å². The fourth-order valence-corrected chi connectivity index (χ4v) is 2.18. The lowest BCUT2D eigenvalue weighted by Crippen LogP contribution is -2.49. The second kappa shape index (κ2) is 7.80. The zero-order valence-corrected chi connectivity index (χ0v) is 12.1. The number of benzene rings is 1. The van der Waals surface area contributed by atoms with Crippen molar-refractivity contribution in [1.29, 1.82) is 0 Å². The van der Waals surface area contributed by atoms with Gasteiger partial charge >= 0.3 is 0 Å². The van der Waals surface area contributed by atoms with Crippen LogP contribution in [-0.4, -0.2) is 25.7 Å². The molecule has 1 unspecified atom stereocenters. The molecule has 1 N–H and O–H groups in total. The van der Waals surface area contributed by atoms with Crippen LogP contribution in [0.15, 0.2) is 24.3 Å². The molecule has 1 aliphatic rings. The highest BCUT2D eigenvalue weighted by Gasteiger charge is 2.17. The number of nitrogens with one attached hydrogen (secondary N) is 1. The Morgan fingerprint density at radius 2 is 2.12 bits per heavy atom. The summed E-state index contributed by atoms with van der Waals surface area (Å²) in [6.45, 7) is 7.80. The van der Waals surface area contributed by atoms with Crippen LogP contribution in [0, 0.1) is 0 Å². The van der Waals surface area contributed by atoms with Crippen LogP contribution in [0.4, 0.5) is 5.69 Å². The van der Waals surface area contributed by atoms with Crippen LogP contribution in [0.5, 0.6) is 0 Å². The lowest BCUT2D eigenvalue weighted by atomic mass is 10.1. The summed E-state index contributed by atoms with van der Waals surface area (Å²) in [5.41, 5.74) is 2.81. The average molecular weight is 277 g/mol. The fourth-order valence-electron chi connectivity index (χ4n) is 2.18. The van der Waals surface area contributed by atoms with Crippen molar-refractivity contribution in [2.75, 3.05) is 24.5 Å². The van der Waals surface area contributed by atoms with Gasteiger partial charge in [0.15, 0.2) is 0 Å². The number of rotatable bonds is 2. The Kier molecular flexibility index (Phi) is 7.60. The van der Waals surface area contributed by atoms with E-state index >= 15 is 0 Å². The maximum Gasteiger partial charge on any atom is 0.0386 e. The first-order valence-electron chi connectivity index (χ1n) is 5.87. The van der Waals surface area contributed by atoms with Gasteiger partial charge in [0.25, 0.3) is 0 Å². The minimum absolute atomic E-state index is 0. The minimum Gasteiger partial charge on any atom is -0.366 e. The van der Waals surface area contributed by atoms with Gasteiger partial charge < -0.3 is 10.2 Å². The lowest BCUT2D eigenvalue weighted by Gasteiger charge is -2.36. The summed E-state index contributed by atoms with van der Waals surface area (Å²) in [6, 6.07) is 9.52. The summed E-state index contributed by atoms with van der Waals surface area (Å²) in [5.74, 6) is 0. The van der Waals surface area contributed by atoms with E-state index in [0.29, 0.717) is 6.04 Å². The Morgan fingerprint density at radius 1 is 1.35 bits per heavy atom. The van der Waals surface area contributed by atoms with Gasteiger partial charge in [-0.3, -0.25) is 0 Å². The summed E-state index contributed by atoms with van der Waals surface area (Å²) in [4.78, 5) is 2.50. The Morgan fingerprint density at radius 3 is 2.76 bits per heavy atom. The van der Waals surface area contributed by atoms with Crippen molar-refractivity contribution < 1.29 is 0 Å². The molecule has 17 heavy (non-hydrogen) atoms. The van der Waals surface area contributed by atoms with E-state index in [2.05, 4.69) is 48.3 Å². The normalized spacial score (nSPS) is 19.2. The van der Waals surface area contributed by atoms with Crippen LogP contribution in [-0.2, 0) is 6.42 Å². The first-order valence-corrected chi connectivity index (χ1v) is 5.87.